The number of aliphatic hydroxyl groups is 2. The van der Waals surface area contributed by atoms with Crippen LogP contribution in [0.2, 0.25) is 0 Å². The van der Waals surface area contributed by atoms with Crippen molar-refractivity contribution in [2.24, 2.45) is 0 Å². The van der Waals surface area contributed by atoms with Crippen LogP contribution in [0.4, 0.5) is 0 Å². The quantitative estimate of drug-likeness (QED) is 0.473. The fourth-order valence-electron chi connectivity index (χ4n) is 1.46. The highest BCUT2D eigenvalue weighted by atomic mass is 16.6. The lowest BCUT2D eigenvalue weighted by molar-refractivity contribution is -0.122. The molecule has 0 spiro atoms. The molecule has 2 bridgehead atoms. The Balaban J connectivity index is 2.22. The van der Waals surface area contributed by atoms with Gasteiger partial charge in [-0.1, -0.05) is 0 Å². The van der Waals surface area contributed by atoms with Crippen LogP contribution in [0, 0.1) is 0 Å². The lowest BCUT2D eigenvalue weighted by atomic mass is 10.0. The summed E-state index contributed by atoms with van der Waals surface area (Å²) >= 11 is 0. The summed E-state index contributed by atoms with van der Waals surface area (Å²) < 4.78 is 10.3. The molecule has 0 aromatic rings. The summed E-state index contributed by atoms with van der Waals surface area (Å²) in [6, 6.07) is 0. The molecule has 2 aliphatic rings. The largest absolute Gasteiger partial charge is 0.393 e. The topological polar surface area (TPSA) is 58.9 Å². The van der Waals surface area contributed by atoms with Gasteiger partial charge in [-0.05, 0) is 0 Å². The first-order chi connectivity index (χ1) is 4.78. The molecule has 0 aromatic heterocycles. The van der Waals surface area contributed by atoms with E-state index in [2.05, 4.69) is 0 Å². The molecule has 2 rings (SSSR count). The van der Waals surface area contributed by atoms with Crippen LogP contribution in [0.3, 0.4) is 0 Å². The van der Waals surface area contributed by atoms with E-state index in [0.717, 1.165) is 0 Å². The summed E-state index contributed by atoms with van der Waals surface area (Å²) in [5.41, 5.74) is -0.801. The van der Waals surface area contributed by atoms with Crippen molar-refractivity contribution in [3.8, 4) is 0 Å². The lowest BCUT2D eigenvalue weighted by Crippen LogP contribution is -2.43. The van der Waals surface area contributed by atoms with E-state index in [-0.39, 0.29) is 12.7 Å². The Kier molecular flexibility index (Phi) is 1.25. The molecule has 2 N–H and O–H groups in total. The van der Waals surface area contributed by atoms with Crippen molar-refractivity contribution in [1.29, 1.82) is 0 Å². The number of rotatable bonds is 1. The normalized spacial score (nSPS) is 52.2. The fraction of sp³-hybridized carbons (Fsp3) is 1.00. The third-order valence-corrected chi connectivity index (χ3v) is 2.24. The zero-order valence-electron chi connectivity index (χ0n) is 5.49. The first-order valence-corrected chi connectivity index (χ1v) is 3.33. The minimum absolute atomic E-state index is 0.162. The van der Waals surface area contributed by atoms with E-state index in [9.17, 15) is 5.11 Å². The third-order valence-electron chi connectivity index (χ3n) is 2.24. The summed E-state index contributed by atoms with van der Waals surface area (Å²) in [4.78, 5) is 0. The number of hydrogen-bond acceptors (Lipinski definition) is 4. The van der Waals surface area contributed by atoms with Gasteiger partial charge in [0.15, 0.2) is 0 Å². The smallest absolute Gasteiger partial charge is 0.143 e. The van der Waals surface area contributed by atoms with E-state index >= 15 is 0 Å². The highest BCUT2D eigenvalue weighted by Crippen LogP contribution is 2.34. The van der Waals surface area contributed by atoms with E-state index in [0.29, 0.717) is 13.2 Å². The molecule has 0 radical (unpaired) electrons. The van der Waals surface area contributed by atoms with E-state index in [1.807, 2.05) is 0 Å². The molecule has 0 aliphatic carbocycles. The van der Waals surface area contributed by atoms with Crippen molar-refractivity contribution >= 4 is 0 Å². The van der Waals surface area contributed by atoms with Crippen LogP contribution >= 0.6 is 0 Å². The van der Waals surface area contributed by atoms with Crippen molar-refractivity contribution in [2.45, 2.75) is 17.8 Å². The molecule has 0 saturated carbocycles. The van der Waals surface area contributed by atoms with Gasteiger partial charge in [-0.3, -0.25) is 0 Å². The zero-order valence-corrected chi connectivity index (χ0v) is 5.49. The van der Waals surface area contributed by atoms with E-state index in [4.69, 9.17) is 14.6 Å². The maximum atomic E-state index is 9.37. The Morgan fingerprint density at radius 2 is 2.40 bits per heavy atom. The Morgan fingerprint density at radius 1 is 1.60 bits per heavy atom. The third kappa shape index (κ3) is 0.594. The number of fused-ring (bicyclic) bond motifs is 2. The molecule has 10 heavy (non-hydrogen) atoms. The van der Waals surface area contributed by atoms with E-state index < -0.39 is 11.7 Å². The molecule has 58 valence electrons. The van der Waals surface area contributed by atoms with Gasteiger partial charge in [-0.2, -0.15) is 0 Å². The van der Waals surface area contributed by atoms with E-state index in [1.54, 1.807) is 0 Å². The van der Waals surface area contributed by atoms with Gasteiger partial charge in [0.25, 0.3) is 0 Å². The molecule has 4 heteroatoms. The minimum Gasteiger partial charge on any atom is -0.393 e. The number of hydrogen-bond donors (Lipinski definition) is 2. The van der Waals surface area contributed by atoms with Gasteiger partial charge in [0, 0.05) is 0 Å². The first kappa shape index (κ1) is 6.54. The lowest BCUT2D eigenvalue weighted by Gasteiger charge is -2.23. The first-order valence-electron chi connectivity index (χ1n) is 3.33. The standard InChI is InChI=1S/C6H10O4/c7-2-6-3-9-4(1-10-6)5(6)8/h4-5,7-8H,1-3H2/t4?,5?,6-/m1/s1. The van der Waals surface area contributed by atoms with Crippen LogP contribution in [0.25, 0.3) is 0 Å². The average Bonchev–Trinajstić information content (AvgIpc) is 2.46. The van der Waals surface area contributed by atoms with Gasteiger partial charge in [0.1, 0.15) is 17.8 Å². The second-order valence-electron chi connectivity index (χ2n) is 2.83. The van der Waals surface area contributed by atoms with Gasteiger partial charge >= 0.3 is 0 Å². The molecular weight excluding hydrogens is 136 g/mol. The van der Waals surface area contributed by atoms with Gasteiger partial charge in [0.2, 0.25) is 0 Å². The Morgan fingerprint density at radius 3 is 2.60 bits per heavy atom. The average molecular weight is 146 g/mol. The Labute approximate surface area is 58.4 Å². The second-order valence-corrected chi connectivity index (χ2v) is 2.83. The molecule has 2 saturated heterocycles. The van der Waals surface area contributed by atoms with Crippen molar-refractivity contribution < 1.29 is 19.7 Å². The summed E-state index contributed by atoms with van der Waals surface area (Å²) in [6.45, 7) is 0.557. The molecule has 2 unspecified atom stereocenters. The van der Waals surface area contributed by atoms with Crippen LogP contribution < -0.4 is 0 Å². The monoisotopic (exact) mass is 146 g/mol. The van der Waals surface area contributed by atoms with Crippen LogP contribution in [-0.2, 0) is 9.47 Å². The molecule has 2 fully saturated rings. The molecule has 3 atom stereocenters. The highest BCUT2D eigenvalue weighted by molar-refractivity contribution is 5.03. The number of ether oxygens (including phenoxy) is 2. The van der Waals surface area contributed by atoms with Crippen molar-refractivity contribution in [3.63, 3.8) is 0 Å². The predicted octanol–water partition coefficient (Wildman–Crippen LogP) is -1.49. The highest BCUT2D eigenvalue weighted by Gasteiger charge is 2.55. The van der Waals surface area contributed by atoms with Crippen LogP contribution in [-0.4, -0.2) is 47.8 Å². The zero-order chi connectivity index (χ0) is 7.19. The summed E-state index contributed by atoms with van der Waals surface area (Å²) in [5.74, 6) is 0. The molecule has 4 nitrogen and oxygen atoms in total. The SMILES string of the molecule is OC[C@]12COC(CO1)C2O. The fourth-order valence-corrected chi connectivity index (χ4v) is 1.46. The maximum Gasteiger partial charge on any atom is 0.143 e. The molecule has 2 heterocycles. The molecular formula is C6H10O4. The Bertz CT molecular complexity index is 139. The predicted molar refractivity (Wildman–Crippen MR) is 31.5 cm³/mol. The maximum absolute atomic E-state index is 9.37. The Hall–Kier alpha value is -0.160. The van der Waals surface area contributed by atoms with Gasteiger partial charge in [-0.25, -0.2) is 0 Å². The van der Waals surface area contributed by atoms with Gasteiger partial charge < -0.3 is 19.7 Å². The summed E-state index contributed by atoms with van der Waals surface area (Å²) in [5, 5.41) is 18.2. The molecule has 2 aliphatic heterocycles. The van der Waals surface area contributed by atoms with Crippen LogP contribution in [0.1, 0.15) is 0 Å². The van der Waals surface area contributed by atoms with Gasteiger partial charge in [0.05, 0.1) is 19.8 Å². The molecule has 0 aromatic carbocycles. The van der Waals surface area contributed by atoms with Crippen LogP contribution in [0.5, 0.6) is 0 Å². The number of aliphatic hydroxyl groups excluding tert-OH is 2. The van der Waals surface area contributed by atoms with Crippen LogP contribution in [0.15, 0.2) is 0 Å². The molecule has 0 amide bonds. The van der Waals surface area contributed by atoms with E-state index in [1.165, 1.54) is 0 Å². The van der Waals surface area contributed by atoms with Crippen molar-refractivity contribution in [2.75, 3.05) is 19.8 Å². The second kappa shape index (κ2) is 1.92. The summed E-state index contributed by atoms with van der Waals surface area (Å²) in [6.07, 6.45) is -0.857. The summed E-state index contributed by atoms with van der Waals surface area (Å²) in [7, 11) is 0. The van der Waals surface area contributed by atoms with Crippen molar-refractivity contribution in [1.82, 2.24) is 0 Å². The minimum atomic E-state index is -0.801. The van der Waals surface area contributed by atoms with Gasteiger partial charge in [-0.15, -0.1) is 0 Å². The van der Waals surface area contributed by atoms with Crippen molar-refractivity contribution in [3.05, 3.63) is 0 Å².